The molecule has 0 spiro atoms. The minimum absolute atomic E-state index is 0.0280. The predicted octanol–water partition coefficient (Wildman–Crippen LogP) is 1.99. The fraction of sp³-hybridized carbons (Fsp3) is 0.619. The van der Waals surface area contributed by atoms with Gasteiger partial charge in [0.2, 0.25) is 0 Å². The Morgan fingerprint density at radius 2 is 1.64 bits per heavy atom. The molecule has 0 saturated carbocycles. The van der Waals surface area contributed by atoms with E-state index in [0.717, 1.165) is 51.9 Å². The van der Waals surface area contributed by atoms with Gasteiger partial charge in [-0.2, -0.15) is 0 Å². The quantitative estimate of drug-likeness (QED) is 0.833. The number of aliphatic hydroxyl groups is 1. The average molecular weight is 386 g/mol. The molecule has 2 atom stereocenters. The van der Waals surface area contributed by atoms with Gasteiger partial charge in [-0.05, 0) is 63.4 Å². The lowest BCUT2D eigenvalue weighted by Crippen LogP contribution is -2.41. The summed E-state index contributed by atoms with van der Waals surface area (Å²) in [5.41, 5.74) is 1.23. The van der Waals surface area contributed by atoms with Crippen LogP contribution in [-0.4, -0.2) is 83.2 Å². The third-order valence-electron chi connectivity index (χ3n) is 6.16. The van der Waals surface area contributed by atoms with Crippen molar-refractivity contribution in [2.75, 3.05) is 44.6 Å². The van der Waals surface area contributed by atoms with E-state index < -0.39 is 6.10 Å². The third kappa shape index (κ3) is 4.15. The Labute approximate surface area is 166 Å². The van der Waals surface area contributed by atoms with Crippen molar-refractivity contribution in [2.24, 2.45) is 0 Å². The number of likely N-dealkylation sites (tertiary alicyclic amines) is 3. The van der Waals surface area contributed by atoms with E-state index in [9.17, 15) is 14.7 Å². The SMILES string of the molecule is O=C(Nc1cccc(C(=O)N2CCCCC2)c1)N1C[C@H](O)[C@@H](N2CCCC2)C1. The molecular weight excluding hydrogens is 356 g/mol. The van der Waals surface area contributed by atoms with Crippen LogP contribution in [0.1, 0.15) is 42.5 Å². The van der Waals surface area contributed by atoms with Crippen molar-refractivity contribution in [2.45, 2.75) is 44.2 Å². The van der Waals surface area contributed by atoms with Gasteiger partial charge >= 0.3 is 6.03 Å². The number of piperidine rings is 1. The van der Waals surface area contributed by atoms with Gasteiger partial charge in [-0.25, -0.2) is 4.79 Å². The molecular formula is C21H30N4O3. The maximum atomic E-state index is 12.7. The Morgan fingerprint density at radius 1 is 0.929 bits per heavy atom. The normalized spacial score (nSPS) is 25.9. The first-order valence-electron chi connectivity index (χ1n) is 10.5. The van der Waals surface area contributed by atoms with Crippen LogP contribution in [0, 0.1) is 0 Å². The lowest BCUT2D eigenvalue weighted by Gasteiger charge is -2.27. The van der Waals surface area contributed by atoms with Crippen LogP contribution in [0.4, 0.5) is 10.5 Å². The molecule has 1 aromatic carbocycles. The van der Waals surface area contributed by atoms with Gasteiger partial charge in [-0.3, -0.25) is 9.69 Å². The van der Waals surface area contributed by atoms with Crippen LogP contribution < -0.4 is 5.32 Å². The topological polar surface area (TPSA) is 76.1 Å². The number of carbonyl (C=O) groups is 2. The number of carbonyl (C=O) groups excluding carboxylic acids is 2. The first kappa shape index (κ1) is 19.2. The molecule has 7 nitrogen and oxygen atoms in total. The average Bonchev–Trinajstić information content (AvgIpc) is 3.38. The van der Waals surface area contributed by atoms with E-state index in [1.165, 1.54) is 6.42 Å². The van der Waals surface area contributed by atoms with Crippen LogP contribution in [0.5, 0.6) is 0 Å². The molecule has 3 aliphatic heterocycles. The Bertz CT molecular complexity index is 713. The first-order chi connectivity index (χ1) is 13.6. The highest BCUT2D eigenvalue weighted by Gasteiger charge is 2.38. The molecule has 4 rings (SSSR count). The van der Waals surface area contributed by atoms with Crippen LogP contribution >= 0.6 is 0 Å². The standard InChI is InChI=1S/C21H30N4O3/c26-19-15-25(14-18(19)23-9-4-5-10-23)21(28)22-17-8-6-7-16(13-17)20(27)24-11-2-1-3-12-24/h6-8,13,18-19,26H,1-5,9-12,14-15H2,(H,22,28)/t18-,19-/m0/s1. The summed E-state index contributed by atoms with van der Waals surface area (Å²) in [5.74, 6) is 0.0292. The molecule has 0 aliphatic carbocycles. The second-order valence-corrected chi connectivity index (χ2v) is 8.15. The highest BCUT2D eigenvalue weighted by molar-refractivity contribution is 5.97. The smallest absolute Gasteiger partial charge is 0.321 e. The fourth-order valence-corrected chi connectivity index (χ4v) is 4.58. The summed E-state index contributed by atoms with van der Waals surface area (Å²) in [6.45, 7) is 4.49. The van der Waals surface area contributed by atoms with Crippen LogP contribution in [0.25, 0.3) is 0 Å². The Hall–Kier alpha value is -2.12. The lowest BCUT2D eigenvalue weighted by molar-refractivity contribution is 0.0724. The molecule has 3 fully saturated rings. The Kier molecular flexibility index (Phi) is 5.82. The van der Waals surface area contributed by atoms with E-state index >= 15 is 0 Å². The number of nitrogens with zero attached hydrogens (tertiary/aromatic N) is 3. The van der Waals surface area contributed by atoms with Gasteiger partial charge in [0.15, 0.2) is 0 Å². The van der Waals surface area contributed by atoms with Crippen molar-refractivity contribution in [3.05, 3.63) is 29.8 Å². The summed E-state index contributed by atoms with van der Waals surface area (Å²) in [6.07, 6.45) is 5.10. The van der Waals surface area contributed by atoms with E-state index in [1.54, 1.807) is 29.2 Å². The highest BCUT2D eigenvalue weighted by atomic mass is 16.3. The molecule has 152 valence electrons. The van der Waals surface area contributed by atoms with Gasteiger partial charge in [-0.1, -0.05) is 6.07 Å². The van der Waals surface area contributed by atoms with E-state index in [1.807, 2.05) is 4.90 Å². The summed E-state index contributed by atoms with van der Waals surface area (Å²) >= 11 is 0. The summed E-state index contributed by atoms with van der Waals surface area (Å²) in [4.78, 5) is 31.2. The second kappa shape index (κ2) is 8.49. The number of rotatable bonds is 3. The Morgan fingerprint density at radius 3 is 2.39 bits per heavy atom. The molecule has 0 aromatic heterocycles. The molecule has 3 heterocycles. The molecule has 28 heavy (non-hydrogen) atoms. The minimum Gasteiger partial charge on any atom is -0.390 e. The van der Waals surface area contributed by atoms with Gasteiger partial charge in [-0.15, -0.1) is 0 Å². The van der Waals surface area contributed by atoms with Gasteiger partial charge in [0.05, 0.1) is 18.7 Å². The van der Waals surface area contributed by atoms with Gasteiger partial charge in [0.1, 0.15) is 0 Å². The van der Waals surface area contributed by atoms with Crippen molar-refractivity contribution < 1.29 is 14.7 Å². The van der Waals surface area contributed by atoms with Gasteiger partial charge < -0.3 is 20.2 Å². The van der Waals surface area contributed by atoms with Crippen molar-refractivity contribution >= 4 is 17.6 Å². The molecule has 3 amide bonds. The molecule has 2 N–H and O–H groups in total. The number of β-amino-alcohol motifs (C(OH)–C–C–N with tert-alkyl or cyclic N) is 1. The number of aliphatic hydroxyl groups excluding tert-OH is 1. The van der Waals surface area contributed by atoms with Gasteiger partial charge in [0, 0.05) is 30.9 Å². The maximum absolute atomic E-state index is 12.7. The number of nitrogens with one attached hydrogen (secondary N) is 1. The number of hydrogen-bond donors (Lipinski definition) is 2. The maximum Gasteiger partial charge on any atom is 0.321 e. The summed E-state index contributed by atoms with van der Waals surface area (Å²) in [6, 6.07) is 6.96. The van der Waals surface area contributed by atoms with Crippen LogP contribution in [-0.2, 0) is 0 Å². The third-order valence-corrected chi connectivity index (χ3v) is 6.16. The van der Waals surface area contributed by atoms with E-state index in [4.69, 9.17) is 0 Å². The molecule has 0 radical (unpaired) electrons. The monoisotopic (exact) mass is 386 g/mol. The van der Waals surface area contributed by atoms with Crippen molar-refractivity contribution in [1.82, 2.24) is 14.7 Å². The van der Waals surface area contributed by atoms with Crippen molar-refractivity contribution in [3.8, 4) is 0 Å². The number of amides is 3. The number of anilines is 1. The van der Waals surface area contributed by atoms with Crippen molar-refractivity contribution in [3.63, 3.8) is 0 Å². The van der Waals surface area contributed by atoms with E-state index in [-0.39, 0.29) is 18.0 Å². The highest BCUT2D eigenvalue weighted by Crippen LogP contribution is 2.22. The zero-order valence-corrected chi connectivity index (χ0v) is 16.3. The molecule has 7 heteroatoms. The molecule has 0 unspecified atom stereocenters. The fourth-order valence-electron chi connectivity index (χ4n) is 4.58. The predicted molar refractivity (Wildman–Crippen MR) is 107 cm³/mol. The molecule has 3 saturated heterocycles. The summed E-state index contributed by atoms with van der Waals surface area (Å²) in [5, 5.41) is 13.3. The molecule has 1 aromatic rings. The number of urea groups is 1. The zero-order chi connectivity index (χ0) is 19.5. The van der Waals surface area contributed by atoms with E-state index in [2.05, 4.69) is 10.2 Å². The summed E-state index contributed by atoms with van der Waals surface area (Å²) < 4.78 is 0. The molecule has 3 aliphatic rings. The zero-order valence-electron chi connectivity index (χ0n) is 16.3. The minimum atomic E-state index is -0.504. The summed E-state index contributed by atoms with van der Waals surface area (Å²) in [7, 11) is 0. The van der Waals surface area contributed by atoms with Crippen molar-refractivity contribution in [1.29, 1.82) is 0 Å². The Balaban J connectivity index is 1.37. The van der Waals surface area contributed by atoms with Crippen LogP contribution in [0.15, 0.2) is 24.3 Å². The second-order valence-electron chi connectivity index (χ2n) is 8.15. The van der Waals surface area contributed by atoms with E-state index in [0.29, 0.717) is 24.3 Å². The van der Waals surface area contributed by atoms with Crippen LogP contribution in [0.3, 0.4) is 0 Å². The van der Waals surface area contributed by atoms with Gasteiger partial charge in [0.25, 0.3) is 5.91 Å². The molecule has 0 bridgehead atoms. The van der Waals surface area contributed by atoms with Crippen LogP contribution in [0.2, 0.25) is 0 Å². The first-order valence-corrected chi connectivity index (χ1v) is 10.5. The number of benzene rings is 1. The largest absolute Gasteiger partial charge is 0.390 e. The lowest BCUT2D eigenvalue weighted by atomic mass is 10.1. The number of hydrogen-bond acceptors (Lipinski definition) is 4.